The van der Waals surface area contributed by atoms with Crippen LogP contribution in [0.5, 0.6) is 11.5 Å². The zero-order valence-electron chi connectivity index (χ0n) is 18.4. The average molecular weight is 472 g/mol. The molecule has 1 aliphatic rings. The molecule has 1 N–H and O–H groups in total. The van der Waals surface area contributed by atoms with E-state index in [9.17, 15) is 4.79 Å². The summed E-state index contributed by atoms with van der Waals surface area (Å²) in [6, 6.07) is 18.9. The van der Waals surface area contributed by atoms with Gasteiger partial charge in [-0.2, -0.15) is 0 Å². The summed E-state index contributed by atoms with van der Waals surface area (Å²) in [5.41, 5.74) is 2.85. The number of rotatable bonds is 7. The van der Waals surface area contributed by atoms with Gasteiger partial charge in [-0.15, -0.1) is 0 Å². The molecule has 4 aromatic rings. The predicted molar refractivity (Wildman–Crippen MR) is 132 cm³/mol. The summed E-state index contributed by atoms with van der Waals surface area (Å²) >= 11 is 5.35. The molecule has 0 unspecified atom stereocenters. The van der Waals surface area contributed by atoms with E-state index in [-0.39, 0.29) is 19.1 Å². The Balaban J connectivity index is 1.37. The first-order valence-electron chi connectivity index (χ1n) is 10.6. The second-order valence-electron chi connectivity index (χ2n) is 7.65. The van der Waals surface area contributed by atoms with Gasteiger partial charge in [0.15, 0.2) is 5.11 Å². The molecule has 5 rings (SSSR count). The van der Waals surface area contributed by atoms with E-state index in [0.717, 1.165) is 22.0 Å². The molecule has 7 nitrogen and oxygen atoms in total. The molecule has 1 aliphatic heterocycles. The number of pyridine rings is 1. The Morgan fingerprint density at radius 2 is 2.00 bits per heavy atom. The molecule has 0 spiro atoms. The van der Waals surface area contributed by atoms with Gasteiger partial charge in [-0.1, -0.05) is 24.3 Å². The SMILES string of the molecule is COc1ccc(C=C2NC(=S)N(Cc3ccco3)C2=O)cc1COc1cccc2cccnc12. The number of carbonyl (C=O) groups excluding carboxylic acids is 1. The van der Waals surface area contributed by atoms with E-state index in [4.69, 9.17) is 26.1 Å². The smallest absolute Gasteiger partial charge is 0.276 e. The molecule has 2 aromatic heterocycles. The Bertz CT molecular complexity index is 1390. The molecule has 34 heavy (non-hydrogen) atoms. The summed E-state index contributed by atoms with van der Waals surface area (Å²) in [5, 5.41) is 4.34. The van der Waals surface area contributed by atoms with Gasteiger partial charge < -0.3 is 19.2 Å². The topological polar surface area (TPSA) is 76.8 Å². The predicted octanol–water partition coefficient (Wildman–Crippen LogP) is 4.67. The molecule has 3 heterocycles. The van der Waals surface area contributed by atoms with Gasteiger partial charge in [0.25, 0.3) is 5.91 Å². The Morgan fingerprint density at radius 3 is 2.82 bits per heavy atom. The number of benzene rings is 2. The second kappa shape index (κ2) is 9.36. The van der Waals surface area contributed by atoms with Crippen LogP contribution in [0.15, 0.2) is 83.2 Å². The van der Waals surface area contributed by atoms with E-state index in [1.54, 1.807) is 37.8 Å². The van der Waals surface area contributed by atoms with Crippen molar-refractivity contribution in [1.82, 2.24) is 15.2 Å². The van der Waals surface area contributed by atoms with Crippen molar-refractivity contribution >= 4 is 40.2 Å². The van der Waals surface area contributed by atoms with Crippen molar-refractivity contribution in [3.63, 3.8) is 0 Å². The molecular formula is C26H21N3O4S. The van der Waals surface area contributed by atoms with Crippen LogP contribution in [-0.4, -0.2) is 28.0 Å². The molecule has 2 aromatic carbocycles. The van der Waals surface area contributed by atoms with E-state index in [0.29, 0.717) is 28.1 Å². The van der Waals surface area contributed by atoms with Crippen LogP contribution >= 0.6 is 12.2 Å². The van der Waals surface area contributed by atoms with Gasteiger partial charge >= 0.3 is 0 Å². The van der Waals surface area contributed by atoms with Gasteiger partial charge in [-0.25, -0.2) is 0 Å². The van der Waals surface area contributed by atoms with Gasteiger partial charge in [0.1, 0.15) is 35.1 Å². The fourth-order valence-electron chi connectivity index (χ4n) is 3.79. The lowest BCUT2D eigenvalue weighted by molar-refractivity contribution is -0.122. The minimum absolute atomic E-state index is 0.211. The van der Waals surface area contributed by atoms with Crippen LogP contribution in [0, 0.1) is 0 Å². The summed E-state index contributed by atoms with van der Waals surface area (Å²) in [6.45, 7) is 0.552. The number of thiocarbonyl (C=S) groups is 1. The van der Waals surface area contributed by atoms with Crippen molar-refractivity contribution in [3.8, 4) is 11.5 Å². The third-order valence-electron chi connectivity index (χ3n) is 5.45. The summed E-state index contributed by atoms with van der Waals surface area (Å²) in [4.78, 5) is 18.8. The molecule has 0 aliphatic carbocycles. The maximum atomic E-state index is 12.9. The summed E-state index contributed by atoms with van der Waals surface area (Å²) in [5.74, 6) is 1.83. The Hall–Kier alpha value is -4.17. The van der Waals surface area contributed by atoms with Crippen LogP contribution in [0.4, 0.5) is 0 Å². The largest absolute Gasteiger partial charge is 0.496 e. The highest BCUT2D eigenvalue weighted by Gasteiger charge is 2.31. The van der Waals surface area contributed by atoms with Crippen molar-refractivity contribution < 1.29 is 18.7 Å². The van der Waals surface area contributed by atoms with E-state index in [1.165, 1.54) is 4.90 Å². The minimum atomic E-state index is -0.211. The lowest BCUT2D eigenvalue weighted by atomic mass is 10.1. The van der Waals surface area contributed by atoms with Crippen LogP contribution in [0.1, 0.15) is 16.9 Å². The van der Waals surface area contributed by atoms with Gasteiger partial charge in [0.05, 0.1) is 19.9 Å². The molecule has 0 atom stereocenters. The van der Waals surface area contributed by atoms with E-state index in [2.05, 4.69) is 10.3 Å². The van der Waals surface area contributed by atoms with Crippen molar-refractivity contribution in [1.29, 1.82) is 0 Å². The maximum Gasteiger partial charge on any atom is 0.276 e. The van der Waals surface area contributed by atoms with Crippen LogP contribution in [0.25, 0.3) is 17.0 Å². The quantitative estimate of drug-likeness (QED) is 0.310. The molecule has 170 valence electrons. The van der Waals surface area contributed by atoms with Gasteiger partial charge in [0, 0.05) is 17.1 Å². The number of methoxy groups -OCH3 is 1. The summed E-state index contributed by atoms with van der Waals surface area (Å²) in [6.07, 6.45) is 5.07. The average Bonchev–Trinajstić information content (AvgIpc) is 3.47. The minimum Gasteiger partial charge on any atom is -0.496 e. The third-order valence-corrected chi connectivity index (χ3v) is 5.77. The highest BCUT2D eigenvalue weighted by Crippen LogP contribution is 2.27. The number of para-hydroxylation sites is 1. The molecular weight excluding hydrogens is 450 g/mol. The Morgan fingerprint density at radius 1 is 1.12 bits per heavy atom. The van der Waals surface area contributed by atoms with Crippen molar-refractivity contribution in [3.05, 3.63) is 95.7 Å². The first kappa shape index (κ1) is 21.7. The number of hydrogen-bond acceptors (Lipinski definition) is 6. The lowest BCUT2D eigenvalue weighted by Gasteiger charge is -2.12. The van der Waals surface area contributed by atoms with E-state index >= 15 is 0 Å². The van der Waals surface area contributed by atoms with Crippen molar-refractivity contribution in [2.75, 3.05) is 7.11 Å². The van der Waals surface area contributed by atoms with Crippen LogP contribution in [0.3, 0.4) is 0 Å². The lowest BCUT2D eigenvalue weighted by Crippen LogP contribution is -2.29. The monoisotopic (exact) mass is 471 g/mol. The number of carbonyl (C=O) groups is 1. The van der Waals surface area contributed by atoms with Crippen molar-refractivity contribution in [2.45, 2.75) is 13.2 Å². The zero-order valence-corrected chi connectivity index (χ0v) is 19.2. The number of nitrogens with one attached hydrogen (secondary N) is 1. The van der Waals surface area contributed by atoms with E-state index in [1.807, 2.05) is 48.5 Å². The zero-order chi connectivity index (χ0) is 23.5. The number of furan rings is 1. The van der Waals surface area contributed by atoms with Crippen LogP contribution < -0.4 is 14.8 Å². The fourth-order valence-corrected chi connectivity index (χ4v) is 4.05. The summed E-state index contributed by atoms with van der Waals surface area (Å²) < 4.78 is 17.0. The standard InChI is InChI=1S/C26H21N3O4S/c1-31-22-10-9-17(14-21-25(30)29(26(34)28-21)15-20-7-4-12-32-20)13-19(22)16-33-23-8-2-5-18-6-3-11-27-24(18)23/h2-14H,15-16H2,1H3,(H,28,34). The number of aromatic nitrogens is 1. The molecule has 0 radical (unpaired) electrons. The maximum absolute atomic E-state index is 12.9. The second-order valence-corrected chi connectivity index (χ2v) is 8.04. The third kappa shape index (κ3) is 4.35. The van der Waals surface area contributed by atoms with Crippen molar-refractivity contribution in [2.24, 2.45) is 0 Å². The summed E-state index contributed by atoms with van der Waals surface area (Å²) in [7, 11) is 1.61. The number of fused-ring (bicyclic) bond motifs is 1. The van der Waals surface area contributed by atoms with Crippen LogP contribution in [0.2, 0.25) is 0 Å². The molecule has 8 heteroatoms. The normalized spacial score (nSPS) is 14.6. The molecule has 0 bridgehead atoms. The number of nitrogens with zero attached hydrogens (tertiary/aromatic N) is 2. The number of ether oxygens (including phenoxy) is 2. The number of hydrogen-bond donors (Lipinski definition) is 1. The first-order chi connectivity index (χ1) is 16.6. The molecule has 0 saturated carbocycles. The molecule has 1 fully saturated rings. The molecule has 1 amide bonds. The first-order valence-corrected chi connectivity index (χ1v) is 11.0. The Labute approximate surface area is 201 Å². The number of amides is 1. The van der Waals surface area contributed by atoms with Gasteiger partial charge in [-0.3, -0.25) is 14.7 Å². The van der Waals surface area contributed by atoms with Gasteiger partial charge in [0.2, 0.25) is 0 Å². The van der Waals surface area contributed by atoms with Gasteiger partial charge in [-0.05, 0) is 60.3 Å². The molecule has 1 saturated heterocycles. The highest BCUT2D eigenvalue weighted by molar-refractivity contribution is 7.80. The fraction of sp³-hybridized carbons (Fsp3) is 0.115. The highest BCUT2D eigenvalue weighted by atomic mass is 32.1. The van der Waals surface area contributed by atoms with E-state index < -0.39 is 0 Å². The Kier molecular flexibility index (Phi) is 5.97. The van der Waals surface area contributed by atoms with Crippen LogP contribution in [-0.2, 0) is 17.9 Å².